The van der Waals surface area contributed by atoms with E-state index in [4.69, 9.17) is 0 Å². The van der Waals surface area contributed by atoms with Crippen molar-refractivity contribution in [3.63, 3.8) is 0 Å². The van der Waals surface area contributed by atoms with Crippen LogP contribution in [-0.2, 0) is 11.2 Å². The minimum absolute atomic E-state index is 0.446. The SMILES string of the molecule is Cc1[nH]c2ccccc2c1CC1CCC(=O)CC1. The van der Waals surface area contributed by atoms with Gasteiger partial charge in [-0.1, -0.05) is 18.2 Å². The molecule has 1 aromatic carbocycles. The van der Waals surface area contributed by atoms with Gasteiger partial charge in [0.2, 0.25) is 0 Å². The lowest BCUT2D eigenvalue weighted by molar-refractivity contribution is -0.120. The third-order valence-electron chi connectivity index (χ3n) is 4.18. The van der Waals surface area contributed by atoms with Gasteiger partial charge in [-0.3, -0.25) is 4.79 Å². The Morgan fingerprint density at radius 2 is 1.94 bits per heavy atom. The Bertz CT molecular complexity index is 572. The van der Waals surface area contributed by atoms with Crippen LogP contribution in [0.15, 0.2) is 24.3 Å². The standard InChI is InChI=1S/C16H19NO/c1-11-15(10-12-6-8-13(18)9-7-12)14-4-2-3-5-16(14)17-11/h2-5,12,17H,6-10H2,1H3. The molecule has 0 saturated heterocycles. The topological polar surface area (TPSA) is 32.9 Å². The summed E-state index contributed by atoms with van der Waals surface area (Å²) in [5.41, 5.74) is 3.97. The molecule has 1 saturated carbocycles. The number of benzene rings is 1. The molecule has 0 bridgehead atoms. The number of aromatic nitrogens is 1. The molecule has 1 fully saturated rings. The smallest absolute Gasteiger partial charge is 0.132 e. The third-order valence-corrected chi connectivity index (χ3v) is 4.18. The highest BCUT2D eigenvalue weighted by Crippen LogP contribution is 2.30. The van der Waals surface area contributed by atoms with Gasteiger partial charge in [0.25, 0.3) is 0 Å². The number of nitrogens with one attached hydrogen (secondary N) is 1. The second kappa shape index (κ2) is 4.60. The fourth-order valence-corrected chi connectivity index (χ4v) is 3.09. The van der Waals surface area contributed by atoms with Crippen LogP contribution < -0.4 is 0 Å². The van der Waals surface area contributed by atoms with Crippen LogP contribution in [0.1, 0.15) is 36.9 Å². The summed E-state index contributed by atoms with van der Waals surface area (Å²) in [5, 5.41) is 1.35. The molecule has 1 aliphatic carbocycles. The van der Waals surface area contributed by atoms with Crippen LogP contribution in [0.2, 0.25) is 0 Å². The van der Waals surface area contributed by atoms with E-state index in [2.05, 4.69) is 36.2 Å². The number of aryl methyl sites for hydroxylation is 1. The largest absolute Gasteiger partial charge is 0.358 e. The average Bonchev–Trinajstić information content (AvgIpc) is 2.69. The molecule has 0 unspecified atom stereocenters. The first-order chi connectivity index (χ1) is 8.74. The molecule has 0 radical (unpaired) electrons. The van der Waals surface area contributed by atoms with Crippen LogP contribution in [0.4, 0.5) is 0 Å². The number of ketones is 1. The van der Waals surface area contributed by atoms with E-state index >= 15 is 0 Å². The summed E-state index contributed by atoms with van der Waals surface area (Å²) < 4.78 is 0. The molecule has 0 spiro atoms. The van der Waals surface area contributed by atoms with Crippen molar-refractivity contribution in [3.8, 4) is 0 Å². The summed E-state index contributed by atoms with van der Waals surface area (Å²) in [4.78, 5) is 14.7. The van der Waals surface area contributed by atoms with Crippen molar-refractivity contribution in [3.05, 3.63) is 35.5 Å². The Balaban J connectivity index is 1.86. The van der Waals surface area contributed by atoms with Crippen molar-refractivity contribution in [2.45, 2.75) is 39.0 Å². The van der Waals surface area contributed by atoms with Gasteiger partial charge in [-0.25, -0.2) is 0 Å². The van der Waals surface area contributed by atoms with Crippen molar-refractivity contribution < 1.29 is 4.79 Å². The van der Waals surface area contributed by atoms with Crippen molar-refractivity contribution >= 4 is 16.7 Å². The molecule has 2 aromatic rings. The van der Waals surface area contributed by atoms with E-state index in [1.54, 1.807) is 0 Å². The van der Waals surface area contributed by atoms with Crippen molar-refractivity contribution in [1.29, 1.82) is 0 Å². The van der Waals surface area contributed by atoms with E-state index in [0.29, 0.717) is 11.7 Å². The highest BCUT2D eigenvalue weighted by atomic mass is 16.1. The zero-order valence-electron chi connectivity index (χ0n) is 10.8. The highest BCUT2D eigenvalue weighted by molar-refractivity contribution is 5.84. The van der Waals surface area contributed by atoms with Gasteiger partial charge in [0.15, 0.2) is 0 Å². The molecule has 18 heavy (non-hydrogen) atoms. The second-order valence-electron chi connectivity index (χ2n) is 5.46. The quantitative estimate of drug-likeness (QED) is 0.852. The molecule has 94 valence electrons. The van der Waals surface area contributed by atoms with Gasteiger partial charge in [-0.05, 0) is 43.7 Å². The summed E-state index contributed by atoms with van der Waals surface area (Å²) in [6, 6.07) is 8.50. The fourth-order valence-electron chi connectivity index (χ4n) is 3.09. The van der Waals surface area contributed by atoms with Gasteiger partial charge in [-0.2, -0.15) is 0 Å². The maximum Gasteiger partial charge on any atom is 0.132 e. The van der Waals surface area contributed by atoms with Gasteiger partial charge >= 0.3 is 0 Å². The Morgan fingerprint density at radius 1 is 1.22 bits per heavy atom. The van der Waals surface area contributed by atoms with E-state index in [1.807, 2.05) is 0 Å². The van der Waals surface area contributed by atoms with Crippen LogP contribution in [0.5, 0.6) is 0 Å². The maximum atomic E-state index is 11.3. The number of hydrogen-bond donors (Lipinski definition) is 1. The van der Waals surface area contributed by atoms with Gasteiger partial charge in [0, 0.05) is 29.4 Å². The Morgan fingerprint density at radius 3 is 2.72 bits per heavy atom. The molecular weight excluding hydrogens is 222 g/mol. The molecule has 2 heteroatoms. The fraction of sp³-hybridized carbons (Fsp3) is 0.438. The van der Waals surface area contributed by atoms with Crippen LogP contribution in [0, 0.1) is 12.8 Å². The Hall–Kier alpha value is -1.57. The van der Waals surface area contributed by atoms with Gasteiger partial charge in [0.05, 0.1) is 0 Å². The van der Waals surface area contributed by atoms with E-state index in [1.165, 1.54) is 22.2 Å². The zero-order chi connectivity index (χ0) is 12.5. The van der Waals surface area contributed by atoms with Crippen LogP contribution in [-0.4, -0.2) is 10.8 Å². The molecular formula is C16H19NO. The molecule has 1 N–H and O–H groups in total. The normalized spacial score (nSPS) is 17.5. The van der Waals surface area contributed by atoms with Gasteiger partial charge in [-0.15, -0.1) is 0 Å². The zero-order valence-corrected chi connectivity index (χ0v) is 10.8. The first-order valence-corrected chi connectivity index (χ1v) is 6.82. The lowest BCUT2D eigenvalue weighted by Gasteiger charge is -2.20. The molecule has 0 atom stereocenters. The minimum atomic E-state index is 0.446. The van der Waals surface area contributed by atoms with E-state index in [-0.39, 0.29) is 0 Å². The molecule has 2 nitrogen and oxygen atoms in total. The summed E-state index contributed by atoms with van der Waals surface area (Å²) in [7, 11) is 0. The van der Waals surface area contributed by atoms with E-state index < -0.39 is 0 Å². The van der Waals surface area contributed by atoms with Crippen molar-refractivity contribution in [2.75, 3.05) is 0 Å². The molecule has 1 aromatic heterocycles. The van der Waals surface area contributed by atoms with Gasteiger partial charge in [0.1, 0.15) is 5.78 Å². The lowest BCUT2D eigenvalue weighted by Crippen LogP contribution is -2.15. The highest BCUT2D eigenvalue weighted by Gasteiger charge is 2.20. The number of hydrogen-bond acceptors (Lipinski definition) is 1. The van der Waals surface area contributed by atoms with E-state index in [0.717, 1.165) is 32.1 Å². The summed E-state index contributed by atoms with van der Waals surface area (Å²) in [6.45, 7) is 2.16. The summed E-state index contributed by atoms with van der Waals surface area (Å²) in [6.07, 6.45) is 4.82. The third kappa shape index (κ3) is 2.07. The molecule has 1 heterocycles. The first kappa shape index (κ1) is 11.5. The molecule has 0 aliphatic heterocycles. The van der Waals surface area contributed by atoms with Crippen LogP contribution >= 0.6 is 0 Å². The summed E-state index contributed by atoms with van der Waals surface area (Å²) >= 11 is 0. The molecule has 0 amide bonds. The Labute approximate surface area is 107 Å². The monoisotopic (exact) mass is 241 g/mol. The molecule has 1 aliphatic rings. The number of carbonyl (C=O) groups excluding carboxylic acids is 1. The van der Waals surface area contributed by atoms with Crippen LogP contribution in [0.25, 0.3) is 10.9 Å². The number of aromatic amines is 1. The molecule has 3 rings (SSSR count). The van der Waals surface area contributed by atoms with Gasteiger partial charge < -0.3 is 4.98 Å². The number of Topliss-reactive ketones (excluding diaryl/α,β-unsaturated/α-hetero) is 1. The van der Waals surface area contributed by atoms with E-state index in [9.17, 15) is 4.79 Å². The Kier molecular flexibility index (Phi) is 2.94. The average molecular weight is 241 g/mol. The number of rotatable bonds is 2. The first-order valence-electron chi connectivity index (χ1n) is 6.82. The van der Waals surface area contributed by atoms with Crippen LogP contribution in [0.3, 0.4) is 0 Å². The second-order valence-corrected chi connectivity index (χ2v) is 5.46. The summed E-state index contributed by atoms with van der Waals surface area (Å²) in [5.74, 6) is 1.13. The number of H-pyrrole nitrogens is 1. The predicted octanol–water partition coefficient (Wildman–Crippen LogP) is 3.78. The number of para-hydroxylation sites is 1. The predicted molar refractivity (Wildman–Crippen MR) is 73.7 cm³/mol. The van der Waals surface area contributed by atoms with Crippen molar-refractivity contribution in [1.82, 2.24) is 4.98 Å². The number of carbonyl (C=O) groups is 1. The maximum absolute atomic E-state index is 11.3. The van der Waals surface area contributed by atoms with Crippen molar-refractivity contribution in [2.24, 2.45) is 5.92 Å². The number of fused-ring (bicyclic) bond motifs is 1. The lowest BCUT2D eigenvalue weighted by atomic mass is 9.83. The minimum Gasteiger partial charge on any atom is -0.358 e.